The van der Waals surface area contributed by atoms with Crippen LogP contribution in [0.2, 0.25) is 0 Å². The van der Waals surface area contributed by atoms with Crippen molar-refractivity contribution in [1.29, 1.82) is 0 Å². The predicted molar refractivity (Wildman–Crippen MR) is 62.0 cm³/mol. The quantitative estimate of drug-likeness (QED) is 0.306. The lowest BCUT2D eigenvalue weighted by Crippen LogP contribution is -2.58. The Balaban J connectivity index is 2.38. The fourth-order valence-electron chi connectivity index (χ4n) is 1.13. The molecule has 0 saturated carbocycles. The number of nitrogens with one attached hydrogen (secondary N) is 2. The minimum atomic E-state index is -0.466. The lowest BCUT2D eigenvalue weighted by molar-refractivity contribution is 0.430. The highest BCUT2D eigenvalue weighted by Crippen LogP contribution is 2.22. The average molecular weight is 214 g/mol. The number of allylic oxidation sites excluding steroid dienone is 3. The maximum absolute atomic E-state index is 5.38. The van der Waals surface area contributed by atoms with Gasteiger partial charge in [-0.2, -0.15) is 0 Å². The molecule has 0 aromatic carbocycles. The lowest BCUT2D eigenvalue weighted by atomic mass is 10.1. The third-order valence-corrected chi connectivity index (χ3v) is 3.44. The summed E-state index contributed by atoms with van der Waals surface area (Å²) in [5.41, 5.74) is 6.62. The first kappa shape index (κ1) is 11.7. The Morgan fingerprint density at radius 2 is 2.14 bits per heavy atom. The topological polar surface area (TPSA) is 76.1 Å². The highest BCUT2D eigenvalue weighted by Gasteiger charge is 2.20. The third-order valence-electron chi connectivity index (χ3n) is 2.15. The summed E-state index contributed by atoms with van der Waals surface area (Å²) in [6.07, 6.45) is 8.88. The number of hydrogen-bond donors (Lipinski definition) is 4. The summed E-state index contributed by atoms with van der Waals surface area (Å²) in [4.78, 5) is -0.466. The van der Waals surface area contributed by atoms with Gasteiger partial charge in [0.1, 0.15) is 4.99 Å². The van der Waals surface area contributed by atoms with Gasteiger partial charge in [0.15, 0.2) is 0 Å². The summed E-state index contributed by atoms with van der Waals surface area (Å²) >= 11 is 1.64. The van der Waals surface area contributed by atoms with Gasteiger partial charge in [-0.3, -0.25) is 11.7 Å². The second-order valence-corrected chi connectivity index (χ2v) is 4.76. The molecule has 14 heavy (non-hydrogen) atoms. The maximum atomic E-state index is 5.38. The van der Waals surface area contributed by atoms with Gasteiger partial charge >= 0.3 is 0 Å². The molecule has 0 radical (unpaired) electrons. The van der Waals surface area contributed by atoms with Crippen LogP contribution in [0.25, 0.3) is 0 Å². The summed E-state index contributed by atoms with van der Waals surface area (Å²) < 4.78 is 0. The molecule has 0 fully saturated rings. The second-order valence-electron chi connectivity index (χ2n) is 3.37. The van der Waals surface area contributed by atoms with E-state index in [9.17, 15) is 0 Å². The van der Waals surface area contributed by atoms with Crippen molar-refractivity contribution >= 4 is 11.8 Å². The number of nitrogens with two attached hydrogens (primary N) is 2. The van der Waals surface area contributed by atoms with E-state index >= 15 is 0 Å². The first-order valence-electron chi connectivity index (χ1n) is 4.65. The SMILES string of the molecule is CC(NN)(NN)SCC1=CCCC=C1. The standard InChI is InChI=1S/C9H18N4S/c1-9(12-10,13-11)14-7-8-5-3-2-4-6-8/h3,5-6,12-13H,2,4,7,10-11H2,1H3. The smallest absolute Gasteiger partial charge is 0.139 e. The molecule has 1 rings (SSSR count). The molecule has 1 aliphatic carbocycles. The zero-order chi connectivity index (χ0) is 10.4. The molecular formula is C9H18N4S. The van der Waals surface area contributed by atoms with E-state index in [0.29, 0.717) is 0 Å². The zero-order valence-electron chi connectivity index (χ0n) is 8.42. The molecule has 0 spiro atoms. The number of hydrogen-bond acceptors (Lipinski definition) is 5. The highest BCUT2D eigenvalue weighted by molar-refractivity contribution is 8.00. The molecule has 4 nitrogen and oxygen atoms in total. The minimum absolute atomic E-state index is 0.466. The minimum Gasteiger partial charge on any atom is -0.269 e. The number of rotatable bonds is 5. The largest absolute Gasteiger partial charge is 0.269 e. The van der Waals surface area contributed by atoms with Crippen molar-refractivity contribution in [2.24, 2.45) is 11.7 Å². The second kappa shape index (κ2) is 5.53. The van der Waals surface area contributed by atoms with Crippen molar-refractivity contribution in [2.45, 2.75) is 24.8 Å². The molecule has 0 aromatic rings. The van der Waals surface area contributed by atoms with Crippen LogP contribution in [0.3, 0.4) is 0 Å². The van der Waals surface area contributed by atoms with E-state index in [4.69, 9.17) is 11.7 Å². The van der Waals surface area contributed by atoms with Gasteiger partial charge in [0.2, 0.25) is 0 Å². The van der Waals surface area contributed by atoms with E-state index in [1.807, 2.05) is 6.92 Å². The van der Waals surface area contributed by atoms with Crippen LogP contribution >= 0.6 is 11.8 Å². The van der Waals surface area contributed by atoms with Crippen LogP contribution in [0.15, 0.2) is 23.8 Å². The molecule has 0 bridgehead atoms. The van der Waals surface area contributed by atoms with Gasteiger partial charge < -0.3 is 0 Å². The van der Waals surface area contributed by atoms with E-state index in [-0.39, 0.29) is 0 Å². The summed E-state index contributed by atoms with van der Waals surface area (Å²) in [6, 6.07) is 0. The Kier molecular flexibility index (Phi) is 4.64. The molecule has 0 unspecified atom stereocenters. The fraction of sp³-hybridized carbons (Fsp3) is 0.556. The van der Waals surface area contributed by atoms with Gasteiger partial charge in [0.05, 0.1) is 0 Å². The normalized spacial score (nSPS) is 16.9. The van der Waals surface area contributed by atoms with Gasteiger partial charge in [0.25, 0.3) is 0 Å². The van der Waals surface area contributed by atoms with Crippen molar-refractivity contribution in [2.75, 3.05) is 5.75 Å². The third kappa shape index (κ3) is 3.43. The van der Waals surface area contributed by atoms with E-state index in [1.54, 1.807) is 11.8 Å². The van der Waals surface area contributed by atoms with Crippen molar-refractivity contribution in [1.82, 2.24) is 10.9 Å². The summed E-state index contributed by atoms with van der Waals surface area (Å²) in [7, 11) is 0. The number of hydrazine groups is 2. The fourth-order valence-corrected chi connectivity index (χ4v) is 1.96. The van der Waals surface area contributed by atoms with Crippen molar-refractivity contribution in [3.8, 4) is 0 Å². The molecule has 1 aliphatic rings. The molecule has 0 aromatic heterocycles. The zero-order valence-corrected chi connectivity index (χ0v) is 9.23. The maximum Gasteiger partial charge on any atom is 0.139 e. The van der Waals surface area contributed by atoms with Crippen LogP contribution in [0.1, 0.15) is 19.8 Å². The highest BCUT2D eigenvalue weighted by atomic mass is 32.2. The lowest BCUT2D eigenvalue weighted by Gasteiger charge is -2.27. The molecule has 0 aliphatic heterocycles. The van der Waals surface area contributed by atoms with Crippen molar-refractivity contribution in [3.05, 3.63) is 23.8 Å². The summed E-state index contributed by atoms with van der Waals surface area (Å²) in [5, 5.41) is 0. The molecule has 0 heterocycles. The Morgan fingerprint density at radius 1 is 1.43 bits per heavy atom. The molecule has 5 heteroatoms. The van der Waals surface area contributed by atoms with E-state index in [0.717, 1.165) is 18.6 Å². The average Bonchev–Trinajstić information content (AvgIpc) is 2.27. The van der Waals surface area contributed by atoms with Gasteiger partial charge in [-0.25, -0.2) is 10.9 Å². The first-order chi connectivity index (χ1) is 6.70. The Labute approximate surface area is 89.1 Å². The number of thioether (sulfide) groups is 1. The van der Waals surface area contributed by atoms with Crippen LogP contribution in [0.4, 0.5) is 0 Å². The molecule has 80 valence electrons. The summed E-state index contributed by atoms with van der Waals surface area (Å²) in [5.74, 6) is 11.7. The Morgan fingerprint density at radius 3 is 2.64 bits per heavy atom. The Bertz CT molecular complexity index is 233. The van der Waals surface area contributed by atoms with Gasteiger partial charge in [-0.15, -0.1) is 11.8 Å². The summed E-state index contributed by atoms with van der Waals surface area (Å²) in [6.45, 7) is 1.91. The van der Waals surface area contributed by atoms with Gasteiger partial charge in [-0.1, -0.05) is 18.2 Å². The van der Waals surface area contributed by atoms with Crippen molar-refractivity contribution < 1.29 is 0 Å². The van der Waals surface area contributed by atoms with Crippen LogP contribution in [-0.2, 0) is 0 Å². The molecule has 6 N–H and O–H groups in total. The molecule has 0 saturated heterocycles. The van der Waals surface area contributed by atoms with Crippen LogP contribution in [-0.4, -0.2) is 10.7 Å². The van der Waals surface area contributed by atoms with Crippen LogP contribution in [0.5, 0.6) is 0 Å². The van der Waals surface area contributed by atoms with Crippen LogP contribution < -0.4 is 22.5 Å². The molecule has 0 amide bonds. The van der Waals surface area contributed by atoms with E-state index in [1.165, 1.54) is 5.57 Å². The first-order valence-corrected chi connectivity index (χ1v) is 5.64. The van der Waals surface area contributed by atoms with Crippen molar-refractivity contribution in [3.63, 3.8) is 0 Å². The van der Waals surface area contributed by atoms with E-state index < -0.39 is 4.99 Å². The molecule has 0 atom stereocenters. The van der Waals surface area contributed by atoms with E-state index in [2.05, 4.69) is 29.1 Å². The Hall–Kier alpha value is -0.330. The molecular weight excluding hydrogens is 196 g/mol. The monoisotopic (exact) mass is 214 g/mol. The van der Waals surface area contributed by atoms with Gasteiger partial charge in [0, 0.05) is 5.75 Å². The predicted octanol–water partition coefficient (Wildman–Crippen LogP) is 0.596. The van der Waals surface area contributed by atoms with Gasteiger partial charge in [-0.05, 0) is 25.3 Å². The van der Waals surface area contributed by atoms with Crippen LogP contribution in [0, 0.1) is 0 Å².